The molecule has 0 aliphatic carbocycles. The molecule has 0 saturated carbocycles. The van der Waals surface area contributed by atoms with Gasteiger partial charge in [-0.25, -0.2) is 9.18 Å². The topological polar surface area (TPSA) is 38.3 Å². The van der Waals surface area contributed by atoms with Gasteiger partial charge < -0.3 is 10.1 Å². The Balaban J connectivity index is 2.53. The normalized spacial score (nSPS) is 25.9. The molecule has 1 saturated heterocycles. The molecular weight excluding hydrogens is 137 g/mol. The number of nitrogens with one attached hydrogen (secondary N) is 1. The van der Waals surface area contributed by atoms with Gasteiger partial charge in [-0.3, -0.25) is 0 Å². The van der Waals surface area contributed by atoms with Gasteiger partial charge in [-0.15, -0.1) is 0 Å². The minimum atomic E-state index is -1.45. The van der Waals surface area contributed by atoms with Crippen LogP contribution < -0.4 is 5.32 Å². The van der Waals surface area contributed by atoms with Crippen molar-refractivity contribution in [2.24, 2.45) is 0 Å². The number of amides is 1. The van der Waals surface area contributed by atoms with Gasteiger partial charge >= 0.3 is 6.09 Å². The number of rotatable bonds is 1. The van der Waals surface area contributed by atoms with E-state index in [1.54, 1.807) is 0 Å². The summed E-state index contributed by atoms with van der Waals surface area (Å²) in [5.74, 6) is 0. The van der Waals surface area contributed by atoms with E-state index in [9.17, 15) is 9.18 Å². The summed E-state index contributed by atoms with van der Waals surface area (Å²) >= 11 is 0. The third-order valence-corrected chi connectivity index (χ3v) is 1.45. The van der Waals surface area contributed by atoms with Crippen LogP contribution in [0.5, 0.6) is 0 Å². The summed E-state index contributed by atoms with van der Waals surface area (Å²) in [7, 11) is 0. The van der Waals surface area contributed by atoms with Gasteiger partial charge in [0, 0.05) is 0 Å². The molecule has 3 nitrogen and oxygen atoms in total. The molecule has 4 heteroatoms. The quantitative estimate of drug-likeness (QED) is 0.597. The van der Waals surface area contributed by atoms with Crippen LogP contribution in [0.3, 0.4) is 0 Å². The van der Waals surface area contributed by atoms with Crippen molar-refractivity contribution in [2.75, 3.05) is 6.54 Å². The standard InChI is InChI=1S/C6H10FNO2/c1-6(2,7)4-3-8-5(9)10-4/h4H,3H2,1-2H3,(H,8,9). The SMILES string of the molecule is CC(C)(F)C1CNC(=O)O1. The predicted octanol–water partition coefficient (Wildman–Crippen LogP) is 0.843. The van der Waals surface area contributed by atoms with Crippen molar-refractivity contribution >= 4 is 6.09 Å². The molecule has 58 valence electrons. The Morgan fingerprint density at radius 3 is 2.60 bits per heavy atom. The fourth-order valence-corrected chi connectivity index (χ4v) is 0.771. The molecule has 1 fully saturated rings. The number of alkyl carbamates (subject to hydrolysis) is 1. The Bertz CT molecular complexity index is 152. The van der Waals surface area contributed by atoms with Crippen LogP contribution in [-0.2, 0) is 4.74 Å². The third-order valence-electron chi connectivity index (χ3n) is 1.45. The lowest BCUT2D eigenvalue weighted by Gasteiger charge is -2.19. The van der Waals surface area contributed by atoms with Crippen LogP contribution in [0.15, 0.2) is 0 Å². The highest BCUT2D eigenvalue weighted by molar-refractivity contribution is 5.69. The zero-order valence-electron chi connectivity index (χ0n) is 5.98. The first-order valence-corrected chi connectivity index (χ1v) is 3.13. The number of hydrogen-bond donors (Lipinski definition) is 1. The number of halogens is 1. The van der Waals surface area contributed by atoms with Gasteiger partial charge in [-0.1, -0.05) is 0 Å². The van der Waals surface area contributed by atoms with Crippen molar-refractivity contribution in [3.63, 3.8) is 0 Å². The van der Waals surface area contributed by atoms with Crippen molar-refractivity contribution in [2.45, 2.75) is 25.6 Å². The lowest BCUT2D eigenvalue weighted by molar-refractivity contribution is 0.0323. The number of carbonyl (C=O) groups excluding carboxylic acids is 1. The maximum atomic E-state index is 13.0. The average molecular weight is 147 g/mol. The van der Waals surface area contributed by atoms with Gasteiger partial charge in [0.25, 0.3) is 0 Å². The lowest BCUT2D eigenvalue weighted by atomic mass is 10.1. The largest absolute Gasteiger partial charge is 0.441 e. The Labute approximate surface area is 58.5 Å². The zero-order valence-corrected chi connectivity index (χ0v) is 5.98. The molecule has 0 bridgehead atoms. The first-order valence-electron chi connectivity index (χ1n) is 3.13. The van der Waals surface area contributed by atoms with Crippen molar-refractivity contribution in [1.29, 1.82) is 0 Å². The second kappa shape index (κ2) is 2.11. The van der Waals surface area contributed by atoms with E-state index in [0.717, 1.165) is 0 Å². The van der Waals surface area contributed by atoms with Crippen molar-refractivity contribution in [3.8, 4) is 0 Å². The molecule has 1 atom stereocenters. The monoisotopic (exact) mass is 147 g/mol. The van der Waals surface area contributed by atoms with E-state index >= 15 is 0 Å². The number of cyclic esters (lactones) is 1. The van der Waals surface area contributed by atoms with Gasteiger partial charge in [0.2, 0.25) is 0 Å². The fourth-order valence-electron chi connectivity index (χ4n) is 0.771. The van der Waals surface area contributed by atoms with E-state index < -0.39 is 17.9 Å². The number of carbonyl (C=O) groups is 1. The van der Waals surface area contributed by atoms with Gasteiger partial charge in [0.05, 0.1) is 6.54 Å². The summed E-state index contributed by atoms with van der Waals surface area (Å²) in [6.07, 6.45) is -1.17. The summed E-state index contributed by atoms with van der Waals surface area (Å²) < 4.78 is 17.6. The van der Waals surface area contributed by atoms with E-state index in [1.165, 1.54) is 13.8 Å². The van der Waals surface area contributed by atoms with Crippen molar-refractivity contribution in [1.82, 2.24) is 5.32 Å². The second-order valence-electron chi connectivity index (χ2n) is 2.84. The Morgan fingerprint density at radius 1 is 1.80 bits per heavy atom. The zero-order chi connectivity index (χ0) is 7.78. The van der Waals surface area contributed by atoms with Crippen molar-refractivity contribution in [3.05, 3.63) is 0 Å². The summed E-state index contributed by atoms with van der Waals surface area (Å²) in [5.41, 5.74) is -1.45. The minimum Gasteiger partial charge on any atom is -0.441 e. The van der Waals surface area contributed by atoms with E-state index in [2.05, 4.69) is 10.1 Å². The molecule has 0 aromatic rings. The Kier molecular flexibility index (Phi) is 1.54. The molecule has 1 amide bonds. The van der Waals surface area contributed by atoms with E-state index in [0.29, 0.717) is 0 Å². The molecule has 0 aromatic carbocycles. The van der Waals surface area contributed by atoms with Gasteiger partial charge in [0.1, 0.15) is 5.67 Å². The average Bonchev–Trinajstić information content (AvgIpc) is 2.11. The Morgan fingerprint density at radius 2 is 2.40 bits per heavy atom. The molecule has 1 heterocycles. The Hall–Kier alpha value is -0.800. The van der Waals surface area contributed by atoms with Crippen molar-refractivity contribution < 1.29 is 13.9 Å². The highest BCUT2D eigenvalue weighted by atomic mass is 19.1. The van der Waals surface area contributed by atoms with Crippen LogP contribution in [0.2, 0.25) is 0 Å². The smallest absolute Gasteiger partial charge is 0.407 e. The van der Waals surface area contributed by atoms with Crippen LogP contribution >= 0.6 is 0 Å². The maximum Gasteiger partial charge on any atom is 0.407 e. The number of alkyl halides is 1. The summed E-state index contributed by atoms with van der Waals surface area (Å²) in [6, 6.07) is 0. The second-order valence-corrected chi connectivity index (χ2v) is 2.84. The summed E-state index contributed by atoms with van der Waals surface area (Å²) in [4.78, 5) is 10.4. The van der Waals surface area contributed by atoms with Gasteiger partial charge in [-0.2, -0.15) is 0 Å². The van der Waals surface area contributed by atoms with Crippen LogP contribution in [0.25, 0.3) is 0 Å². The van der Waals surface area contributed by atoms with Crippen LogP contribution in [0.4, 0.5) is 9.18 Å². The van der Waals surface area contributed by atoms with Crippen LogP contribution in [0, 0.1) is 0 Å². The summed E-state index contributed by atoms with van der Waals surface area (Å²) in [5, 5.41) is 2.37. The number of ether oxygens (including phenoxy) is 1. The molecule has 1 aliphatic rings. The molecule has 1 unspecified atom stereocenters. The molecule has 1 N–H and O–H groups in total. The first-order chi connectivity index (χ1) is 4.50. The third kappa shape index (κ3) is 1.37. The first kappa shape index (κ1) is 7.31. The maximum absolute atomic E-state index is 13.0. The lowest BCUT2D eigenvalue weighted by Crippen LogP contribution is -2.34. The highest BCUT2D eigenvalue weighted by Gasteiger charge is 2.36. The van der Waals surface area contributed by atoms with E-state index in [1.807, 2.05) is 0 Å². The predicted molar refractivity (Wildman–Crippen MR) is 33.5 cm³/mol. The molecule has 1 rings (SSSR count). The molecule has 0 radical (unpaired) electrons. The molecular formula is C6H10FNO2. The van der Waals surface area contributed by atoms with E-state index in [-0.39, 0.29) is 6.54 Å². The van der Waals surface area contributed by atoms with Gasteiger partial charge in [-0.05, 0) is 13.8 Å². The van der Waals surface area contributed by atoms with Crippen LogP contribution in [-0.4, -0.2) is 24.4 Å². The molecule has 1 aliphatic heterocycles. The van der Waals surface area contributed by atoms with Crippen LogP contribution in [0.1, 0.15) is 13.8 Å². The summed E-state index contributed by atoms with van der Waals surface area (Å²) in [6.45, 7) is 3.04. The fraction of sp³-hybridized carbons (Fsp3) is 0.833. The number of hydrogen-bond acceptors (Lipinski definition) is 2. The molecule has 0 aromatic heterocycles. The van der Waals surface area contributed by atoms with E-state index in [4.69, 9.17) is 0 Å². The molecule has 0 spiro atoms. The highest BCUT2D eigenvalue weighted by Crippen LogP contribution is 2.19. The molecule has 10 heavy (non-hydrogen) atoms. The van der Waals surface area contributed by atoms with Gasteiger partial charge in [0.15, 0.2) is 6.10 Å². The minimum absolute atomic E-state index is 0.266.